The number of amides is 2. The van der Waals surface area contributed by atoms with Crippen molar-refractivity contribution in [2.24, 2.45) is 0 Å². The van der Waals surface area contributed by atoms with Gasteiger partial charge in [-0.1, -0.05) is 26.0 Å². The third kappa shape index (κ3) is 4.38. The average Bonchev–Trinajstić information content (AvgIpc) is 3.15. The molecule has 0 aliphatic carbocycles. The van der Waals surface area contributed by atoms with Crippen LogP contribution in [-0.4, -0.2) is 50.3 Å². The van der Waals surface area contributed by atoms with E-state index in [9.17, 15) is 9.59 Å². The lowest BCUT2D eigenvalue weighted by molar-refractivity contribution is -0.132. The molecule has 2 amide bonds. The normalized spacial score (nSPS) is 24.0. The number of ether oxygens (including phenoxy) is 2. The molecule has 2 fully saturated rings. The van der Waals surface area contributed by atoms with Crippen LogP contribution in [-0.2, 0) is 19.1 Å². The molecule has 1 aromatic carbocycles. The summed E-state index contributed by atoms with van der Waals surface area (Å²) in [6.07, 6.45) is 1.13. The van der Waals surface area contributed by atoms with Gasteiger partial charge in [-0.05, 0) is 36.5 Å². The van der Waals surface area contributed by atoms with Gasteiger partial charge in [-0.2, -0.15) is 0 Å². The van der Waals surface area contributed by atoms with Crippen molar-refractivity contribution in [3.05, 3.63) is 29.8 Å². The third-order valence-corrected chi connectivity index (χ3v) is 4.73. The number of nitrogens with one attached hydrogen (secondary N) is 1. The van der Waals surface area contributed by atoms with E-state index in [2.05, 4.69) is 31.3 Å². The van der Waals surface area contributed by atoms with Gasteiger partial charge in [0.2, 0.25) is 5.91 Å². The fourth-order valence-electron chi connectivity index (χ4n) is 3.15. The topological polar surface area (TPSA) is 67.9 Å². The number of anilines is 1. The quantitative estimate of drug-likeness (QED) is 0.883. The van der Waals surface area contributed by atoms with Gasteiger partial charge in [-0.25, -0.2) is 0 Å². The molecule has 25 heavy (non-hydrogen) atoms. The first kappa shape index (κ1) is 17.9. The van der Waals surface area contributed by atoms with Crippen LogP contribution in [0.4, 0.5) is 5.69 Å². The lowest BCUT2D eigenvalue weighted by atomic mass is 10.0. The van der Waals surface area contributed by atoms with Crippen LogP contribution >= 0.6 is 0 Å². The van der Waals surface area contributed by atoms with Crippen LogP contribution < -0.4 is 10.2 Å². The fourth-order valence-corrected chi connectivity index (χ4v) is 3.15. The van der Waals surface area contributed by atoms with E-state index in [1.807, 2.05) is 12.1 Å². The molecule has 3 rings (SSSR count). The van der Waals surface area contributed by atoms with E-state index in [4.69, 9.17) is 9.47 Å². The molecule has 136 valence electrons. The minimum Gasteiger partial charge on any atom is -0.368 e. The van der Waals surface area contributed by atoms with E-state index >= 15 is 0 Å². The minimum atomic E-state index is -0.343. The smallest absolute Gasteiger partial charge is 0.253 e. The molecule has 0 radical (unpaired) electrons. The molecule has 2 unspecified atom stereocenters. The van der Waals surface area contributed by atoms with E-state index in [0.29, 0.717) is 25.6 Å². The number of carbonyl (C=O) groups excluding carboxylic acids is 2. The molecule has 2 atom stereocenters. The van der Waals surface area contributed by atoms with Gasteiger partial charge in [0.05, 0.1) is 12.6 Å². The summed E-state index contributed by atoms with van der Waals surface area (Å²) >= 11 is 0. The molecule has 6 nitrogen and oxygen atoms in total. The lowest BCUT2D eigenvalue weighted by Gasteiger charge is -2.33. The Hall–Kier alpha value is -1.92. The second kappa shape index (κ2) is 7.97. The number of hydrogen-bond acceptors (Lipinski definition) is 4. The molecule has 0 spiro atoms. The molecule has 0 aromatic heterocycles. The molecule has 1 aromatic rings. The zero-order valence-electron chi connectivity index (χ0n) is 14.9. The summed E-state index contributed by atoms with van der Waals surface area (Å²) in [7, 11) is 0. The minimum absolute atomic E-state index is 0.0341. The first-order valence-electron chi connectivity index (χ1n) is 8.96. The average molecular weight is 346 g/mol. The van der Waals surface area contributed by atoms with E-state index in [1.165, 1.54) is 5.56 Å². The Morgan fingerprint density at radius 1 is 1.28 bits per heavy atom. The molecule has 2 saturated heterocycles. The summed E-state index contributed by atoms with van der Waals surface area (Å²) in [5, 5.41) is 2.88. The van der Waals surface area contributed by atoms with E-state index in [0.717, 1.165) is 18.5 Å². The van der Waals surface area contributed by atoms with Gasteiger partial charge < -0.3 is 19.7 Å². The number of morpholine rings is 1. The molecule has 0 bridgehead atoms. The van der Waals surface area contributed by atoms with Gasteiger partial charge in [0.25, 0.3) is 5.91 Å². The Kier molecular flexibility index (Phi) is 5.71. The zero-order chi connectivity index (χ0) is 17.8. The Morgan fingerprint density at radius 2 is 2.04 bits per heavy atom. The van der Waals surface area contributed by atoms with E-state index < -0.39 is 0 Å². The summed E-state index contributed by atoms with van der Waals surface area (Å²) < 4.78 is 10.9. The van der Waals surface area contributed by atoms with Crippen molar-refractivity contribution in [3.8, 4) is 0 Å². The van der Waals surface area contributed by atoms with Crippen molar-refractivity contribution >= 4 is 17.5 Å². The number of benzene rings is 1. The van der Waals surface area contributed by atoms with Crippen molar-refractivity contribution in [2.45, 2.75) is 44.8 Å². The largest absolute Gasteiger partial charge is 0.368 e. The van der Waals surface area contributed by atoms with Gasteiger partial charge in [-0.15, -0.1) is 0 Å². The molecule has 2 heterocycles. The van der Waals surface area contributed by atoms with Crippen molar-refractivity contribution < 1.29 is 19.1 Å². The van der Waals surface area contributed by atoms with E-state index in [1.54, 1.807) is 4.90 Å². The highest BCUT2D eigenvalue weighted by molar-refractivity contribution is 5.95. The molecule has 0 saturated carbocycles. The Morgan fingerprint density at radius 3 is 2.68 bits per heavy atom. The summed E-state index contributed by atoms with van der Waals surface area (Å²) in [6, 6.07) is 8.05. The van der Waals surface area contributed by atoms with Gasteiger partial charge in [0.1, 0.15) is 12.7 Å². The summed E-state index contributed by atoms with van der Waals surface area (Å²) in [4.78, 5) is 26.0. The number of carbonyl (C=O) groups is 2. The van der Waals surface area contributed by atoms with Crippen LogP contribution in [0, 0.1) is 0 Å². The highest BCUT2D eigenvalue weighted by atomic mass is 16.5. The third-order valence-electron chi connectivity index (χ3n) is 4.73. The standard InChI is InChI=1S/C19H26N2O4/c1-13(2)14-5-7-15(8-6-14)21-11-16(25-12-18(21)22)10-20-19(23)17-4-3-9-24-17/h5-8,13,16-17H,3-4,9-12H2,1-2H3,(H,20,23). The first-order chi connectivity index (χ1) is 12.0. The van der Waals surface area contributed by atoms with Gasteiger partial charge in [0, 0.05) is 18.8 Å². The highest BCUT2D eigenvalue weighted by Crippen LogP contribution is 2.22. The maximum Gasteiger partial charge on any atom is 0.253 e. The molecular formula is C19H26N2O4. The maximum atomic E-state index is 12.2. The fraction of sp³-hybridized carbons (Fsp3) is 0.579. The molecule has 6 heteroatoms. The van der Waals surface area contributed by atoms with Crippen LogP contribution in [0.25, 0.3) is 0 Å². The molecular weight excluding hydrogens is 320 g/mol. The number of hydrogen-bond donors (Lipinski definition) is 1. The number of rotatable bonds is 5. The second-order valence-corrected chi connectivity index (χ2v) is 6.93. The lowest BCUT2D eigenvalue weighted by Crippen LogP contribution is -2.51. The SMILES string of the molecule is CC(C)c1ccc(N2CC(CNC(=O)C3CCCO3)OCC2=O)cc1. The van der Waals surface area contributed by atoms with Crippen LogP contribution in [0.5, 0.6) is 0 Å². The van der Waals surface area contributed by atoms with Gasteiger partial charge >= 0.3 is 0 Å². The van der Waals surface area contributed by atoms with Crippen LogP contribution in [0.1, 0.15) is 38.2 Å². The maximum absolute atomic E-state index is 12.2. The Labute approximate surface area is 148 Å². The van der Waals surface area contributed by atoms with Crippen LogP contribution in [0.15, 0.2) is 24.3 Å². The van der Waals surface area contributed by atoms with Crippen molar-refractivity contribution in [3.63, 3.8) is 0 Å². The van der Waals surface area contributed by atoms with Crippen molar-refractivity contribution in [2.75, 3.05) is 31.2 Å². The Bertz CT molecular complexity index is 608. The van der Waals surface area contributed by atoms with Crippen molar-refractivity contribution in [1.82, 2.24) is 5.32 Å². The predicted octanol–water partition coefficient (Wildman–Crippen LogP) is 1.84. The van der Waals surface area contributed by atoms with E-state index in [-0.39, 0.29) is 30.6 Å². The summed E-state index contributed by atoms with van der Waals surface area (Å²) in [5.41, 5.74) is 2.11. The summed E-state index contributed by atoms with van der Waals surface area (Å²) in [6.45, 7) is 5.78. The summed E-state index contributed by atoms with van der Waals surface area (Å²) in [5.74, 6) is 0.306. The van der Waals surface area contributed by atoms with Crippen molar-refractivity contribution in [1.29, 1.82) is 0 Å². The van der Waals surface area contributed by atoms with Crippen LogP contribution in [0.2, 0.25) is 0 Å². The Balaban J connectivity index is 1.57. The predicted molar refractivity (Wildman–Crippen MR) is 94.6 cm³/mol. The zero-order valence-corrected chi connectivity index (χ0v) is 14.9. The monoisotopic (exact) mass is 346 g/mol. The molecule has 2 aliphatic rings. The van der Waals surface area contributed by atoms with Gasteiger partial charge in [0.15, 0.2) is 0 Å². The highest BCUT2D eigenvalue weighted by Gasteiger charge is 2.29. The first-order valence-corrected chi connectivity index (χ1v) is 8.96. The molecule has 1 N–H and O–H groups in total. The van der Waals surface area contributed by atoms with Crippen LogP contribution in [0.3, 0.4) is 0 Å². The van der Waals surface area contributed by atoms with Gasteiger partial charge in [-0.3, -0.25) is 9.59 Å². The number of nitrogens with zero attached hydrogens (tertiary/aromatic N) is 1. The molecule has 2 aliphatic heterocycles. The second-order valence-electron chi connectivity index (χ2n) is 6.93.